The molecule has 0 radical (unpaired) electrons. The zero-order valence-corrected chi connectivity index (χ0v) is 9.59. The average molecular weight is 225 g/mol. The van der Waals surface area contributed by atoms with Gasteiger partial charge in [-0.3, -0.25) is 4.79 Å². The highest BCUT2D eigenvalue weighted by molar-refractivity contribution is 7.09. The van der Waals surface area contributed by atoms with E-state index in [4.69, 9.17) is 5.11 Å². The third kappa shape index (κ3) is 2.38. The number of hydrogen-bond donors (Lipinski definition) is 1. The summed E-state index contributed by atoms with van der Waals surface area (Å²) in [4.78, 5) is 14.4. The van der Waals surface area contributed by atoms with Crippen molar-refractivity contribution in [1.82, 2.24) is 4.90 Å². The van der Waals surface area contributed by atoms with Gasteiger partial charge in [0.15, 0.2) is 0 Å². The summed E-state index contributed by atoms with van der Waals surface area (Å²) in [6.45, 7) is 1.52. The first-order valence-electron chi connectivity index (χ1n) is 5.07. The lowest BCUT2D eigenvalue weighted by Gasteiger charge is -2.19. The summed E-state index contributed by atoms with van der Waals surface area (Å²) >= 11 is 1.72. The predicted octanol–water partition coefficient (Wildman–Crippen LogP) is 2.04. The third-order valence-corrected chi connectivity index (χ3v) is 3.75. The molecule has 82 valence electrons. The van der Waals surface area contributed by atoms with Crippen LogP contribution in [0.15, 0.2) is 17.5 Å². The van der Waals surface area contributed by atoms with E-state index in [9.17, 15) is 4.79 Å². The molecule has 1 heterocycles. The maximum Gasteiger partial charge on any atom is 0.310 e. The van der Waals surface area contributed by atoms with Gasteiger partial charge in [0, 0.05) is 18.0 Å². The Morgan fingerprint density at radius 2 is 2.40 bits per heavy atom. The largest absolute Gasteiger partial charge is 0.481 e. The van der Waals surface area contributed by atoms with Crippen LogP contribution < -0.4 is 0 Å². The van der Waals surface area contributed by atoms with Gasteiger partial charge in [0.1, 0.15) is 0 Å². The van der Waals surface area contributed by atoms with Crippen LogP contribution in [0.25, 0.3) is 0 Å². The fourth-order valence-corrected chi connectivity index (χ4v) is 2.62. The maximum absolute atomic E-state index is 11.0. The molecule has 1 aliphatic carbocycles. The first-order chi connectivity index (χ1) is 7.12. The lowest BCUT2D eigenvalue weighted by atomic mass is 10.1. The Morgan fingerprint density at radius 1 is 1.67 bits per heavy atom. The molecule has 3 nitrogen and oxygen atoms in total. The summed E-state index contributed by atoms with van der Waals surface area (Å²) in [6.07, 6.45) is 1.66. The molecule has 0 bridgehead atoms. The van der Waals surface area contributed by atoms with Crippen LogP contribution in [0.3, 0.4) is 0 Å². The van der Waals surface area contributed by atoms with E-state index in [2.05, 4.69) is 11.0 Å². The monoisotopic (exact) mass is 225 g/mol. The van der Waals surface area contributed by atoms with Gasteiger partial charge in [-0.15, -0.1) is 11.3 Å². The van der Waals surface area contributed by atoms with Gasteiger partial charge in [0.2, 0.25) is 0 Å². The molecular formula is C11H15NO2S. The molecule has 0 aromatic carbocycles. The molecule has 0 atom stereocenters. The predicted molar refractivity (Wildman–Crippen MR) is 60.0 cm³/mol. The Kier molecular flexibility index (Phi) is 2.80. The third-order valence-electron chi connectivity index (χ3n) is 2.89. The zero-order valence-electron chi connectivity index (χ0n) is 8.77. The van der Waals surface area contributed by atoms with E-state index in [-0.39, 0.29) is 0 Å². The Morgan fingerprint density at radius 3 is 2.87 bits per heavy atom. The van der Waals surface area contributed by atoms with Gasteiger partial charge >= 0.3 is 5.97 Å². The van der Waals surface area contributed by atoms with Crippen molar-refractivity contribution in [1.29, 1.82) is 0 Å². The van der Waals surface area contributed by atoms with Crippen molar-refractivity contribution in [2.24, 2.45) is 5.41 Å². The summed E-state index contributed by atoms with van der Waals surface area (Å²) in [6, 6.07) is 4.11. The number of carbonyl (C=O) groups is 1. The molecule has 0 amide bonds. The highest BCUT2D eigenvalue weighted by atomic mass is 32.1. The van der Waals surface area contributed by atoms with Crippen LogP contribution >= 0.6 is 11.3 Å². The molecule has 1 fully saturated rings. The summed E-state index contributed by atoms with van der Waals surface area (Å²) in [7, 11) is 1.99. The van der Waals surface area contributed by atoms with Crippen molar-refractivity contribution < 1.29 is 9.90 Å². The quantitative estimate of drug-likeness (QED) is 0.833. The molecule has 0 aliphatic heterocycles. The fourth-order valence-electron chi connectivity index (χ4n) is 1.83. The molecule has 1 saturated carbocycles. The lowest BCUT2D eigenvalue weighted by Crippen LogP contribution is -2.31. The lowest BCUT2D eigenvalue weighted by molar-refractivity contribution is -0.144. The van der Waals surface area contributed by atoms with E-state index in [0.717, 1.165) is 19.4 Å². The molecule has 2 rings (SSSR count). The van der Waals surface area contributed by atoms with Crippen LogP contribution in [-0.2, 0) is 11.3 Å². The van der Waals surface area contributed by atoms with Crippen molar-refractivity contribution >= 4 is 17.3 Å². The molecule has 1 aromatic rings. The number of carboxylic acids is 1. The SMILES string of the molecule is CN(Cc1cccs1)CC1(C(=O)O)CC1. The summed E-state index contributed by atoms with van der Waals surface area (Å²) in [5.74, 6) is -0.638. The number of nitrogens with zero attached hydrogens (tertiary/aromatic N) is 1. The van der Waals surface area contributed by atoms with Gasteiger partial charge in [-0.25, -0.2) is 0 Å². The number of thiophene rings is 1. The smallest absolute Gasteiger partial charge is 0.310 e. The van der Waals surface area contributed by atoms with Crippen molar-refractivity contribution in [3.05, 3.63) is 22.4 Å². The van der Waals surface area contributed by atoms with Gasteiger partial charge in [-0.2, -0.15) is 0 Å². The standard InChI is InChI=1S/C11H15NO2S/c1-12(7-9-3-2-6-15-9)8-11(4-5-11)10(13)14/h2-3,6H,4-5,7-8H2,1H3,(H,13,14). The van der Waals surface area contributed by atoms with E-state index >= 15 is 0 Å². The van der Waals surface area contributed by atoms with Gasteiger partial charge in [-0.1, -0.05) is 6.07 Å². The van der Waals surface area contributed by atoms with Crippen LogP contribution in [0.5, 0.6) is 0 Å². The molecule has 4 heteroatoms. The van der Waals surface area contributed by atoms with E-state index in [1.807, 2.05) is 18.5 Å². The molecule has 1 aliphatic rings. The van der Waals surface area contributed by atoms with Crippen LogP contribution in [0, 0.1) is 5.41 Å². The Labute approximate surface area is 93.3 Å². The molecule has 1 N–H and O–H groups in total. The second kappa shape index (κ2) is 3.94. The van der Waals surface area contributed by atoms with Crippen molar-refractivity contribution in [3.63, 3.8) is 0 Å². The highest BCUT2D eigenvalue weighted by Crippen LogP contribution is 2.46. The fraction of sp³-hybridized carbons (Fsp3) is 0.545. The molecule has 15 heavy (non-hydrogen) atoms. The number of rotatable bonds is 5. The van der Waals surface area contributed by atoms with Crippen LogP contribution in [0.2, 0.25) is 0 Å². The molecule has 1 aromatic heterocycles. The van der Waals surface area contributed by atoms with Gasteiger partial charge in [0.05, 0.1) is 5.41 Å². The van der Waals surface area contributed by atoms with E-state index < -0.39 is 11.4 Å². The van der Waals surface area contributed by atoms with Crippen molar-refractivity contribution in [3.8, 4) is 0 Å². The number of carboxylic acid groups (broad SMARTS) is 1. The second-order valence-corrected chi connectivity index (χ2v) is 5.37. The number of hydrogen-bond acceptors (Lipinski definition) is 3. The number of aliphatic carboxylic acids is 1. The van der Waals surface area contributed by atoms with E-state index in [1.165, 1.54) is 4.88 Å². The zero-order chi connectivity index (χ0) is 10.9. The van der Waals surface area contributed by atoms with Gasteiger partial charge < -0.3 is 10.0 Å². The summed E-state index contributed by atoms with van der Waals surface area (Å²) in [5, 5.41) is 11.1. The van der Waals surface area contributed by atoms with E-state index in [0.29, 0.717) is 6.54 Å². The molecule has 0 unspecified atom stereocenters. The van der Waals surface area contributed by atoms with Gasteiger partial charge in [-0.05, 0) is 31.3 Å². The highest BCUT2D eigenvalue weighted by Gasteiger charge is 2.50. The first-order valence-corrected chi connectivity index (χ1v) is 5.95. The normalized spacial score (nSPS) is 18.0. The Bertz CT molecular complexity index is 343. The molecule has 0 saturated heterocycles. The Hall–Kier alpha value is -0.870. The summed E-state index contributed by atoms with van der Waals surface area (Å²) in [5.41, 5.74) is -0.438. The first kappa shape index (κ1) is 10.6. The topological polar surface area (TPSA) is 40.5 Å². The van der Waals surface area contributed by atoms with Crippen molar-refractivity contribution in [2.75, 3.05) is 13.6 Å². The molecular weight excluding hydrogens is 210 g/mol. The second-order valence-electron chi connectivity index (χ2n) is 4.34. The minimum Gasteiger partial charge on any atom is -0.481 e. The van der Waals surface area contributed by atoms with Crippen LogP contribution in [0.1, 0.15) is 17.7 Å². The van der Waals surface area contributed by atoms with Gasteiger partial charge in [0.25, 0.3) is 0 Å². The van der Waals surface area contributed by atoms with E-state index in [1.54, 1.807) is 11.3 Å². The maximum atomic E-state index is 11.0. The minimum absolute atomic E-state index is 0.438. The van der Waals surface area contributed by atoms with Crippen LogP contribution in [-0.4, -0.2) is 29.6 Å². The average Bonchev–Trinajstić information content (AvgIpc) is 2.75. The van der Waals surface area contributed by atoms with Crippen LogP contribution in [0.4, 0.5) is 0 Å². The van der Waals surface area contributed by atoms with Crippen molar-refractivity contribution in [2.45, 2.75) is 19.4 Å². The minimum atomic E-state index is -0.638. The Balaban J connectivity index is 1.88. The molecule has 0 spiro atoms. The summed E-state index contributed by atoms with van der Waals surface area (Å²) < 4.78 is 0.